The van der Waals surface area contributed by atoms with Crippen LogP contribution in [0.5, 0.6) is 0 Å². The van der Waals surface area contributed by atoms with E-state index in [1.165, 1.54) is 31.5 Å². The zero-order chi connectivity index (χ0) is 17.2. The fourth-order valence-electron chi connectivity index (χ4n) is 3.25. The Labute approximate surface area is 170 Å². The minimum atomic E-state index is 0. The van der Waals surface area contributed by atoms with Gasteiger partial charge in [0.2, 0.25) is 0 Å². The molecule has 0 amide bonds. The summed E-state index contributed by atoms with van der Waals surface area (Å²) >= 11 is 0. The second kappa shape index (κ2) is 12.5. The molecule has 1 aromatic rings. The summed E-state index contributed by atoms with van der Waals surface area (Å²) in [5.41, 5.74) is 1.36. The highest BCUT2D eigenvalue weighted by Gasteiger charge is 2.21. The monoisotopic (exact) mass is 458 g/mol. The Morgan fingerprint density at radius 1 is 1.24 bits per heavy atom. The Hall–Kier alpha value is -0.820. The minimum Gasteiger partial charge on any atom is -0.357 e. The molecule has 1 aliphatic rings. The maximum atomic E-state index is 4.83. The van der Waals surface area contributed by atoms with E-state index in [1.807, 2.05) is 0 Å². The van der Waals surface area contributed by atoms with E-state index >= 15 is 0 Å². The van der Waals surface area contributed by atoms with E-state index < -0.39 is 0 Å². The van der Waals surface area contributed by atoms with Crippen LogP contribution >= 0.6 is 24.0 Å². The lowest BCUT2D eigenvalue weighted by Crippen LogP contribution is -2.42. The fourth-order valence-corrected chi connectivity index (χ4v) is 3.25. The van der Waals surface area contributed by atoms with Crippen molar-refractivity contribution in [1.82, 2.24) is 15.5 Å². The van der Waals surface area contributed by atoms with E-state index in [-0.39, 0.29) is 24.0 Å². The van der Waals surface area contributed by atoms with Crippen molar-refractivity contribution in [3.63, 3.8) is 0 Å². The fraction of sp³-hybridized carbons (Fsp3) is 0.650. The van der Waals surface area contributed by atoms with Gasteiger partial charge in [0.05, 0.1) is 0 Å². The number of nitrogens with one attached hydrogen (secondary N) is 2. The Balaban J connectivity index is 0.00000312. The van der Waals surface area contributed by atoms with Gasteiger partial charge in [-0.1, -0.05) is 30.3 Å². The zero-order valence-corrected chi connectivity index (χ0v) is 18.3. The van der Waals surface area contributed by atoms with Crippen LogP contribution in [0.15, 0.2) is 35.3 Å². The molecule has 1 heterocycles. The molecule has 0 bridgehead atoms. The summed E-state index contributed by atoms with van der Waals surface area (Å²) in [6, 6.07) is 11.3. The Kier molecular flexibility index (Phi) is 11.1. The number of hydrogen-bond acceptors (Lipinski definition) is 2. The number of hydrogen-bond donors (Lipinski definition) is 2. The topological polar surface area (TPSA) is 39.7 Å². The number of piperidine rings is 1. The molecule has 1 unspecified atom stereocenters. The summed E-state index contributed by atoms with van der Waals surface area (Å²) in [7, 11) is 0. The Morgan fingerprint density at radius 2 is 2.00 bits per heavy atom. The van der Waals surface area contributed by atoms with Gasteiger partial charge in [0.1, 0.15) is 0 Å². The molecule has 1 atom stereocenters. The maximum absolute atomic E-state index is 4.83. The smallest absolute Gasteiger partial charge is 0.191 e. The molecule has 0 aromatic heterocycles. The summed E-state index contributed by atoms with van der Waals surface area (Å²) in [5, 5.41) is 6.84. The van der Waals surface area contributed by atoms with Crippen LogP contribution in [0.2, 0.25) is 0 Å². The van der Waals surface area contributed by atoms with Crippen LogP contribution in [0.4, 0.5) is 0 Å². The van der Waals surface area contributed by atoms with Gasteiger partial charge in [-0.3, -0.25) is 4.99 Å². The van der Waals surface area contributed by atoms with Crippen molar-refractivity contribution < 1.29 is 0 Å². The third-order valence-corrected chi connectivity index (χ3v) is 4.68. The molecular formula is C20H35IN4. The highest BCUT2D eigenvalue weighted by atomic mass is 127. The van der Waals surface area contributed by atoms with Gasteiger partial charge in [0.25, 0.3) is 0 Å². The number of likely N-dealkylation sites (tertiary alicyclic amines) is 1. The van der Waals surface area contributed by atoms with Crippen molar-refractivity contribution in [2.75, 3.05) is 32.7 Å². The average molecular weight is 458 g/mol. The van der Waals surface area contributed by atoms with Gasteiger partial charge in [-0.2, -0.15) is 0 Å². The quantitative estimate of drug-likeness (QED) is 0.373. The van der Waals surface area contributed by atoms with Crippen LogP contribution in [0.25, 0.3) is 0 Å². The Morgan fingerprint density at radius 3 is 2.68 bits per heavy atom. The van der Waals surface area contributed by atoms with Gasteiger partial charge in [0, 0.05) is 32.2 Å². The molecule has 142 valence electrons. The van der Waals surface area contributed by atoms with Gasteiger partial charge in [0.15, 0.2) is 5.96 Å². The van der Waals surface area contributed by atoms with Crippen molar-refractivity contribution in [1.29, 1.82) is 0 Å². The lowest BCUT2D eigenvalue weighted by Gasteiger charge is -2.34. The van der Waals surface area contributed by atoms with Crippen molar-refractivity contribution >= 4 is 29.9 Å². The van der Waals surface area contributed by atoms with Crippen LogP contribution in [0, 0.1) is 5.92 Å². The summed E-state index contributed by atoms with van der Waals surface area (Å²) in [6.45, 7) is 11.9. The summed E-state index contributed by atoms with van der Waals surface area (Å²) in [4.78, 5) is 7.41. The minimum absolute atomic E-state index is 0. The SMILES string of the molecule is CCNC(=NCC1CCCN(C(C)C)C1)NCCc1ccccc1.I. The summed E-state index contributed by atoms with van der Waals surface area (Å²) in [5.74, 6) is 1.64. The number of halogens is 1. The highest BCUT2D eigenvalue weighted by Crippen LogP contribution is 2.18. The standard InChI is InChI=1S/C20H34N4.HI/c1-4-21-20(22-13-12-18-9-6-5-7-10-18)23-15-19-11-8-14-24(16-19)17(2)3;/h5-7,9-10,17,19H,4,8,11-16H2,1-3H3,(H2,21,22,23);1H. The Bertz CT molecular complexity index is 490. The van der Waals surface area contributed by atoms with Crippen molar-refractivity contribution in [3.05, 3.63) is 35.9 Å². The summed E-state index contributed by atoms with van der Waals surface area (Å²) in [6.07, 6.45) is 3.63. The van der Waals surface area contributed by atoms with E-state index in [0.717, 1.165) is 32.0 Å². The van der Waals surface area contributed by atoms with Gasteiger partial charge < -0.3 is 15.5 Å². The number of guanidine groups is 1. The predicted molar refractivity (Wildman–Crippen MR) is 119 cm³/mol. The van der Waals surface area contributed by atoms with E-state index in [1.54, 1.807) is 0 Å². The molecule has 0 radical (unpaired) electrons. The first-order valence-electron chi connectivity index (χ1n) is 9.49. The normalized spacial score (nSPS) is 18.7. The van der Waals surface area contributed by atoms with Gasteiger partial charge in [-0.25, -0.2) is 0 Å². The number of benzene rings is 1. The number of rotatable bonds is 7. The van der Waals surface area contributed by atoms with Crippen LogP contribution in [-0.4, -0.2) is 49.6 Å². The molecule has 1 fully saturated rings. The molecule has 0 aliphatic carbocycles. The van der Waals surface area contributed by atoms with Crippen LogP contribution in [0.1, 0.15) is 39.2 Å². The van der Waals surface area contributed by atoms with Crippen molar-refractivity contribution in [2.24, 2.45) is 10.9 Å². The number of aliphatic imine (C=N–C) groups is 1. The third kappa shape index (κ3) is 8.40. The molecule has 1 aliphatic heterocycles. The average Bonchev–Trinajstić information content (AvgIpc) is 2.61. The molecule has 1 saturated heterocycles. The summed E-state index contributed by atoms with van der Waals surface area (Å²) < 4.78 is 0. The predicted octanol–water partition coefficient (Wildman–Crippen LogP) is 3.52. The first-order valence-corrected chi connectivity index (χ1v) is 9.49. The third-order valence-electron chi connectivity index (χ3n) is 4.68. The van der Waals surface area contributed by atoms with Crippen LogP contribution < -0.4 is 10.6 Å². The van der Waals surface area contributed by atoms with E-state index in [2.05, 4.69) is 66.6 Å². The van der Waals surface area contributed by atoms with Gasteiger partial charge in [-0.15, -0.1) is 24.0 Å². The van der Waals surface area contributed by atoms with Crippen molar-refractivity contribution in [3.8, 4) is 0 Å². The molecule has 2 rings (SSSR count). The molecule has 4 nitrogen and oxygen atoms in total. The first kappa shape index (κ1) is 22.2. The van der Waals surface area contributed by atoms with Crippen LogP contribution in [0.3, 0.4) is 0 Å². The number of nitrogens with zero attached hydrogens (tertiary/aromatic N) is 2. The molecule has 5 heteroatoms. The first-order chi connectivity index (χ1) is 11.7. The second-order valence-electron chi connectivity index (χ2n) is 6.98. The van der Waals surface area contributed by atoms with Crippen molar-refractivity contribution in [2.45, 2.75) is 46.1 Å². The van der Waals surface area contributed by atoms with Gasteiger partial charge >= 0.3 is 0 Å². The molecule has 0 spiro atoms. The molecular weight excluding hydrogens is 423 g/mol. The molecule has 2 N–H and O–H groups in total. The largest absolute Gasteiger partial charge is 0.357 e. The highest BCUT2D eigenvalue weighted by molar-refractivity contribution is 14.0. The second-order valence-corrected chi connectivity index (χ2v) is 6.98. The maximum Gasteiger partial charge on any atom is 0.191 e. The zero-order valence-electron chi connectivity index (χ0n) is 16.0. The lowest BCUT2D eigenvalue weighted by atomic mass is 9.97. The molecule has 1 aromatic carbocycles. The van der Waals surface area contributed by atoms with E-state index in [0.29, 0.717) is 12.0 Å². The van der Waals surface area contributed by atoms with E-state index in [4.69, 9.17) is 4.99 Å². The molecule has 25 heavy (non-hydrogen) atoms. The lowest BCUT2D eigenvalue weighted by molar-refractivity contribution is 0.143. The van der Waals surface area contributed by atoms with E-state index in [9.17, 15) is 0 Å². The van der Waals surface area contributed by atoms with Crippen LogP contribution in [-0.2, 0) is 6.42 Å². The molecule has 0 saturated carbocycles. The van der Waals surface area contributed by atoms with Gasteiger partial charge in [-0.05, 0) is 58.1 Å².